The van der Waals surface area contributed by atoms with Gasteiger partial charge in [0.2, 0.25) is 0 Å². The number of nitrogens with one attached hydrogen (secondary N) is 1. The first-order chi connectivity index (χ1) is 7.84. The van der Waals surface area contributed by atoms with E-state index in [0.29, 0.717) is 0 Å². The largest absolute Gasteiger partial charge is 0.317 e. The van der Waals surface area contributed by atoms with Gasteiger partial charge in [0.15, 0.2) is 0 Å². The fourth-order valence-electron chi connectivity index (χ4n) is 1.95. The van der Waals surface area contributed by atoms with E-state index in [1.807, 2.05) is 23.9 Å². The highest BCUT2D eigenvalue weighted by atomic mass is 32.2. The molecule has 1 nitrogen and oxygen atoms in total. The molecule has 1 N–H and O–H groups in total. The quantitative estimate of drug-likeness (QED) is 0.869. The van der Waals surface area contributed by atoms with Gasteiger partial charge in [0.05, 0.1) is 0 Å². The van der Waals surface area contributed by atoms with E-state index >= 15 is 0 Å². The summed E-state index contributed by atoms with van der Waals surface area (Å²) in [5.74, 6) is 0.859. The van der Waals surface area contributed by atoms with Gasteiger partial charge in [0.25, 0.3) is 0 Å². The third kappa shape index (κ3) is 3.80. The van der Waals surface area contributed by atoms with Gasteiger partial charge in [-0.1, -0.05) is 12.1 Å². The Balaban J connectivity index is 1.79. The van der Waals surface area contributed by atoms with Crippen LogP contribution in [0.2, 0.25) is 0 Å². The molecule has 0 saturated carbocycles. The molecule has 0 aromatic heterocycles. The van der Waals surface area contributed by atoms with Gasteiger partial charge in [-0.05, 0) is 50.0 Å². The number of rotatable bonds is 3. The lowest BCUT2D eigenvalue weighted by atomic mass is 10.2. The fourth-order valence-corrected chi connectivity index (χ4v) is 3.19. The Morgan fingerprint density at radius 1 is 1.19 bits per heavy atom. The highest BCUT2D eigenvalue weighted by Crippen LogP contribution is 2.24. The van der Waals surface area contributed by atoms with Crippen molar-refractivity contribution in [1.82, 2.24) is 5.32 Å². The van der Waals surface area contributed by atoms with E-state index in [-0.39, 0.29) is 5.82 Å². The number of hydrogen-bond acceptors (Lipinski definition) is 2. The topological polar surface area (TPSA) is 12.0 Å². The minimum absolute atomic E-state index is 0.146. The summed E-state index contributed by atoms with van der Waals surface area (Å²) >= 11 is 2.01. The first-order valence-corrected chi connectivity index (χ1v) is 6.96. The van der Waals surface area contributed by atoms with E-state index in [4.69, 9.17) is 0 Å². The molecule has 0 radical (unpaired) electrons. The Kier molecular flexibility index (Phi) is 4.67. The molecule has 0 bridgehead atoms. The van der Waals surface area contributed by atoms with Crippen molar-refractivity contribution >= 4 is 11.8 Å². The molecular weight excluding hydrogens is 221 g/mol. The van der Waals surface area contributed by atoms with Crippen molar-refractivity contribution in [3.05, 3.63) is 35.6 Å². The Labute approximate surface area is 101 Å². The van der Waals surface area contributed by atoms with E-state index in [1.165, 1.54) is 24.8 Å². The molecule has 0 amide bonds. The minimum Gasteiger partial charge on any atom is -0.317 e. The van der Waals surface area contributed by atoms with Gasteiger partial charge in [-0.2, -0.15) is 11.8 Å². The maximum atomic E-state index is 12.7. The molecule has 16 heavy (non-hydrogen) atoms. The highest BCUT2D eigenvalue weighted by Gasteiger charge is 2.11. The maximum Gasteiger partial charge on any atom is 0.123 e. The summed E-state index contributed by atoms with van der Waals surface area (Å²) < 4.78 is 12.7. The van der Waals surface area contributed by atoms with Crippen LogP contribution in [-0.2, 0) is 5.75 Å². The molecule has 0 aliphatic carbocycles. The van der Waals surface area contributed by atoms with E-state index < -0.39 is 0 Å². The molecule has 1 aliphatic rings. The van der Waals surface area contributed by atoms with E-state index in [1.54, 1.807) is 12.1 Å². The van der Waals surface area contributed by atoms with Gasteiger partial charge < -0.3 is 5.32 Å². The van der Waals surface area contributed by atoms with Gasteiger partial charge in [0, 0.05) is 11.0 Å². The van der Waals surface area contributed by atoms with Crippen molar-refractivity contribution in [2.75, 3.05) is 13.1 Å². The van der Waals surface area contributed by atoms with E-state index in [9.17, 15) is 4.39 Å². The summed E-state index contributed by atoms with van der Waals surface area (Å²) in [5, 5.41) is 4.18. The fraction of sp³-hybridized carbons (Fsp3) is 0.538. The van der Waals surface area contributed by atoms with Crippen molar-refractivity contribution in [2.24, 2.45) is 0 Å². The Bertz CT molecular complexity index is 304. The summed E-state index contributed by atoms with van der Waals surface area (Å²) in [6, 6.07) is 6.86. The smallest absolute Gasteiger partial charge is 0.123 e. The molecular formula is C13H18FNS. The van der Waals surface area contributed by atoms with Crippen LogP contribution < -0.4 is 5.32 Å². The van der Waals surface area contributed by atoms with Gasteiger partial charge in [-0.25, -0.2) is 4.39 Å². The summed E-state index contributed by atoms with van der Waals surface area (Å²) in [5.41, 5.74) is 1.23. The maximum absolute atomic E-state index is 12.7. The zero-order chi connectivity index (χ0) is 11.2. The molecule has 88 valence electrons. The second-order valence-electron chi connectivity index (χ2n) is 4.24. The molecule has 1 atom stereocenters. The van der Waals surface area contributed by atoms with Crippen LogP contribution in [0.1, 0.15) is 24.8 Å². The third-order valence-corrected chi connectivity index (χ3v) is 4.36. The average Bonchev–Trinajstić information content (AvgIpc) is 2.57. The van der Waals surface area contributed by atoms with Crippen molar-refractivity contribution < 1.29 is 4.39 Å². The molecule has 0 spiro atoms. The van der Waals surface area contributed by atoms with Gasteiger partial charge in [0.1, 0.15) is 5.82 Å². The molecule has 1 saturated heterocycles. The molecule has 1 aromatic rings. The molecule has 1 heterocycles. The number of benzene rings is 1. The van der Waals surface area contributed by atoms with Gasteiger partial charge in [-0.15, -0.1) is 0 Å². The Hall–Kier alpha value is -0.540. The number of halogens is 1. The van der Waals surface area contributed by atoms with Crippen LogP contribution in [0, 0.1) is 5.82 Å². The van der Waals surface area contributed by atoms with E-state index in [2.05, 4.69) is 5.32 Å². The number of hydrogen-bond donors (Lipinski definition) is 1. The highest BCUT2D eigenvalue weighted by molar-refractivity contribution is 7.99. The monoisotopic (exact) mass is 239 g/mol. The van der Waals surface area contributed by atoms with Crippen LogP contribution in [0.4, 0.5) is 4.39 Å². The summed E-state index contributed by atoms with van der Waals surface area (Å²) in [4.78, 5) is 0. The van der Waals surface area contributed by atoms with Gasteiger partial charge in [-0.3, -0.25) is 0 Å². The van der Waals surface area contributed by atoms with Crippen molar-refractivity contribution in [3.63, 3.8) is 0 Å². The lowest BCUT2D eigenvalue weighted by Gasteiger charge is -2.12. The first-order valence-electron chi connectivity index (χ1n) is 5.91. The zero-order valence-corrected chi connectivity index (χ0v) is 10.2. The Morgan fingerprint density at radius 2 is 2.00 bits per heavy atom. The second-order valence-corrected chi connectivity index (χ2v) is 5.53. The Morgan fingerprint density at radius 3 is 2.81 bits per heavy atom. The van der Waals surface area contributed by atoms with Crippen molar-refractivity contribution in [3.8, 4) is 0 Å². The van der Waals surface area contributed by atoms with Crippen LogP contribution >= 0.6 is 11.8 Å². The SMILES string of the molecule is Fc1ccc(CSC2CCCNCC2)cc1. The van der Waals surface area contributed by atoms with Crippen LogP contribution in [0.15, 0.2) is 24.3 Å². The van der Waals surface area contributed by atoms with Crippen LogP contribution in [0.5, 0.6) is 0 Å². The average molecular weight is 239 g/mol. The van der Waals surface area contributed by atoms with E-state index in [0.717, 1.165) is 24.1 Å². The minimum atomic E-state index is -0.146. The van der Waals surface area contributed by atoms with Crippen LogP contribution in [0.3, 0.4) is 0 Å². The second kappa shape index (κ2) is 6.26. The summed E-state index contributed by atoms with van der Waals surface area (Å²) in [7, 11) is 0. The molecule has 1 aliphatic heterocycles. The normalized spacial score (nSPS) is 21.7. The predicted molar refractivity (Wildman–Crippen MR) is 68.2 cm³/mol. The lowest BCUT2D eigenvalue weighted by molar-refractivity contribution is 0.627. The zero-order valence-electron chi connectivity index (χ0n) is 9.42. The van der Waals surface area contributed by atoms with Crippen molar-refractivity contribution in [2.45, 2.75) is 30.3 Å². The molecule has 1 unspecified atom stereocenters. The van der Waals surface area contributed by atoms with Gasteiger partial charge >= 0.3 is 0 Å². The summed E-state index contributed by atoms with van der Waals surface area (Å²) in [6.45, 7) is 2.30. The van der Waals surface area contributed by atoms with Crippen LogP contribution in [-0.4, -0.2) is 18.3 Å². The molecule has 1 aromatic carbocycles. The summed E-state index contributed by atoms with van der Waals surface area (Å²) in [6.07, 6.45) is 3.84. The third-order valence-electron chi connectivity index (χ3n) is 2.92. The molecule has 2 rings (SSSR count). The van der Waals surface area contributed by atoms with Crippen LogP contribution in [0.25, 0.3) is 0 Å². The standard InChI is InChI=1S/C13H18FNS/c14-12-5-3-11(4-6-12)10-16-13-2-1-8-15-9-7-13/h3-6,13,15H,1-2,7-10H2. The lowest BCUT2D eigenvalue weighted by Crippen LogP contribution is -2.14. The predicted octanol–water partition coefficient (Wildman–Crippen LogP) is 3.20. The molecule has 1 fully saturated rings. The number of thioether (sulfide) groups is 1. The molecule has 3 heteroatoms. The van der Waals surface area contributed by atoms with Crippen molar-refractivity contribution in [1.29, 1.82) is 0 Å². The first kappa shape index (κ1) is 11.9.